The molecule has 18 nitrogen and oxygen atoms in total. The molecular weight excluding hydrogens is 1340 g/mol. The number of amides is 8. The lowest BCUT2D eigenvalue weighted by Gasteiger charge is -2.47. The third kappa shape index (κ3) is 20.8. The van der Waals surface area contributed by atoms with Gasteiger partial charge in [-0.15, -0.1) is 0 Å². The lowest BCUT2D eigenvalue weighted by molar-refractivity contribution is -0.125. The van der Waals surface area contributed by atoms with Gasteiger partial charge in [0.2, 0.25) is 11.8 Å². The lowest BCUT2D eigenvalue weighted by atomic mass is 9.63. The summed E-state index contributed by atoms with van der Waals surface area (Å²) in [5.74, 6) is 0.492. The Labute approximate surface area is 648 Å². The number of fused-ring (bicyclic) bond motifs is 8. The Bertz CT molecular complexity index is 3710. The summed E-state index contributed by atoms with van der Waals surface area (Å²) in [5, 5.41) is 12.9. The molecule has 0 aromatic heterocycles. The number of hydrogen-bond acceptors (Lipinski definition) is 10. The summed E-state index contributed by atoms with van der Waals surface area (Å²) in [6, 6.07) is 34.9. The van der Waals surface area contributed by atoms with Crippen LogP contribution < -0.4 is 21.3 Å². The van der Waals surface area contributed by atoms with Gasteiger partial charge in [0, 0.05) is 89.2 Å². The number of rotatable bonds is 9. The summed E-state index contributed by atoms with van der Waals surface area (Å²) >= 11 is 0. The highest BCUT2D eigenvalue weighted by atomic mass is 16.6. The van der Waals surface area contributed by atoms with Gasteiger partial charge in [-0.3, -0.25) is 9.59 Å². The quantitative estimate of drug-likeness (QED) is 0.126. The van der Waals surface area contributed by atoms with E-state index in [1.807, 2.05) is 57.4 Å². The molecule has 13 rings (SSSR count). The van der Waals surface area contributed by atoms with Crippen molar-refractivity contribution in [3.8, 4) is 0 Å². The number of ether oxygens (including phenoxy) is 2. The molecule has 5 aliphatic carbocycles. The van der Waals surface area contributed by atoms with Crippen LogP contribution in [0.5, 0.6) is 0 Å². The summed E-state index contributed by atoms with van der Waals surface area (Å²) < 4.78 is 11.1. The first-order chi connectivity index (χ1) is 50.4. The van der Waals surface area contributed by atoms with Crippen molar-refractivity contribution >= 4 is 36.1 Å². The zero-order valence-electron chi connectivity index (χ0n) is 68.6. The Balaban J connectivity index is 0.000000228. The lowest BCUT2D eigenvalue weighted by Crippen LogP contribution is -2.46. The van der Waals surface area contributed by atoms with E-state index in [4.69, 9.17) is 9.47 Å². The fraction of sp³-hybridized carbons (Fsp3) is 0.663. The van der Waals surface area contributed by atoms with Gasteiger partial charge in [-0.2, -0.15) is 0 Å². The molecule has 9 aliphatic rings. The molecule has 596 valence electrons. The number of carbonyl (C=O) groups excluding carboxylic acids is 6. The first-order valence-corrected chi connectivity index (χ1v) is 40.7. The van der Waals surface area contributed by atoms with Gasteiger partial charge in [0.1, 0.15) is 11.2 Å². The number of benzene rings is 4. The van der Waals surface area contributed by atoms with Crippen LogP contribution in [0.15, 0.2) is 97.1 Å². The average molecular weight is 1480 g/mol. The predicted octanol–water partition coefficient (Wildman–Crippen LogP) is 18.0. The van der Waals surface area contributed by atoms with E-state index >= 15 is 0 Å². The highest BCUT2D eigenvalue weighted by Gasteiger charge is 2.51. The second-order valence-corrected chi connectivity index (χ2v) is 37.9. The zero-order valence-corrected chi connectivity index (χ0v) is 68.6. The highest BCUT2D eigenvalue weighted by Crippen LogP contribution is 2.55. The van der Waals surface area contributed by atoms with Crippen molar-refractivity contribution in [2.45, 2.75) is 269 Å². The number of likely N-dealkylation sites (tertiary alicyclic amines) is 4. The molecule has 107 heavy (non-hydrogen) atoms. The molecule has 4 aromatic carbocycles. The molecule has 4 heterocycles. The molecule has 4 N–H and O–H groups in total. The van der Waals surface area contributed by atoms with Crippen LogP contribution in [-0.2, 0) is 40.7 Å². The topological polar surface area (TPSA) is 188 Å². The first kappa shape index (κ1) is 82.3. The molecule has 4 spiro atoms. The molecule has 4 aliphatic heterocycles. The summed E-state index contributed by atoms with van der Waals surface area (Å²) in [6.07, 6.45) is 20.1. The zero-order chi connectivity index (χ0) is 77.5. The van der Waals surface area contributed by atoms with E-state index in [-0.39, 0.29) is 88.1 Å². The van der Waals surface area contributed by atoms with Gasteiger partial charge in [-0.25, -0.2) is 19.2 Å². The molecule has 4 aromatic rings. The maximum Gasteiger partial charge on any atom is 0.410 e. The highest BCUT2D eigenvalue weighted by molar-refractivity contribution is 5.80. The number of hydrogen-bond donors (Lipinski definition) is 4. The normalized spacial score (nSPS) is 22.6. The Morgan fingerprint density at radius 3 is 1.05 bits per heavy atom. The third-order valence-electron chi connectivity index (χ3n) is 24.9. The minimum absolute atomic E-state index is 0. The number of urea groups is 2. The van der Waals surface area contributed by atoms with E-state index in [0.717, 1.165) is 64.2 Å². The van der Waals surface area contributed by atoms with Crippen molar-refractivity contribution in [2.24, 2.45) is 16.7 Å². The first-order valence-electron chi connectivity index (χ1n) is 40.7. The maximum absolute atomic E-state index is 12.8. The van der Waals surface area contributed by atoms with E-state index in [1.165, 1.54) is 142 Å². The molecule has 8 amide bonds. The van der Waals surface area contributed by atoms with Crippen LogP contribution in [0.4, 0.5) is 19.2 Å². The molecule has 18 heteroatoms. The summed E-state index contributed by atoms with van der Waals surface area (Å²) in [7, 11) is 7.12. The standard InChI is InChI=1S/C24H34N2O3.C22H35N3O.C22H34N2O.C21H31N3O3.4H2/c1-23(2,3)29-22(28)26-14-12-24(13-15-26)16-20(18-10-6-7-11-19(18)24)25-21(27)17-8-4-5-9-17;1-21(2,3)10-13-25-14-11-22(12-15-25)16-19(23-20(26)24(4)5)17-8-6-7-9-18(17)22;1-17(25)23-20-9-10-22(19-8-6-5-7-18(19)20)12-15-24(16-13-22)14-11-21(2,3)4;1-20(2,3)27-19(26)24-12-10-21(11-13-24)14-17(22-18(25)23(4)5)15-8-6-7-9-16(15)21;;;;/h6-7,10-11,17,20H,4-5,8-9,12-16H2,1-3H3,(H,25,27);6-9,19H,10-16H2,1-5H3,(H,23,26);5-8,20H,9-16H2,1-4H3,(H,23,25);6-9,17H,10-14H2,1-5H3,(H,22,25);4*1H/t20-;19-;20-;17-;;;;/m0000..../s1. The van der Waals surface area contributed by atoms with Crippen molar-refractivity contribution in [3.05, 3.63) is 142 Å². The van der Waals surface area contributed by atoms with Crippen LogP contribution in [0, 0.1) is 16.7 Å². The fourth-order valence-corrected chi connectivity index (χ4v) is 18.7. The van der Waals surface area contributed by atoms with Crippen LogP contribution in [0.2, 0.25) is 0 Å². The molecule has 0 radical (unpaired) electrons. The van der Waals surface area contributed by atoms with Gasteiger partial charge in [0.25, 0.3) is 0 Å². The Kier molecular flexibility index (Phi) is 26.1. The van der Waals surface area contributed by atoms with Crippen molar-refractivity contribution in [2.75, 3.05) is 93.6 Å². The summed E-state index contributed by atoms with van der Waals surface area (Å²) in [4.78, 5) is 85.7. The van der Waals surface area contributed by atoms with E-state index in [2.05, 4.69) is 164 Å². The second-order valence-electron chi connectivity index (χ2n) is 37.9. The van der Waals surface area contributed by atoms with Crippen LogP contribution in [-0.4, -0.2) is 170 Å². The van der Waals surface area contributed by atoms with Gasteiger partial charge in [0.15, 0.2) is 0 Å². The minimum atomic E-state index is -0.478. The van der Waals surface area contributed by atoms with Crippen LogP contribution in [0.3, 0.4) is 0 Å². The van der Waals surface area contributed by atoms with Crippen molar-refractivity contribution in [3.63, 3.8) is 0 Å². The van der Waals surface area contributed by atoms with Crippen LogP contribution in [0.1, 0.15) is 286 Å². The Hall–Kier alpha value is -7.18. The summed E-state index contributed by atoms with van der Waals surface area (Å²) in [5.41, 5.74) is 11.3. The van der Waals surface area contributed by atoms with E-state index in [1.54, 1.807) is 44.9 Å². The smallest absolute Gasteiger partial charge is 0.410 e. The molecule has 5 fully saturated rings. The molecular formula is C89H142N10O8. The number of nitrogens with one attached hydrogen (secondary N) is 4. The maximum atomic E-state index is 12.8. The van der Waals surface area contributed by atoms with Crippen molar-refractivity contribution < 1.29 is 43.9 Å². The number of nitrogens with zero attached hydrogens (tertiary/aromatic N) is 6. The molecule has 4 atom stereocenters. The van der Waals surface area contributed by atoms with Crippen molar-refractivity contribution in [1.29, 1.82) is 0 Å². The van der Waals surface area contributed by atoms with Crippen LogP contribution >= 0.6 is 0 Å². The molecule has 1 saturated carbocycles. The van der Waals surface area contributed by atoms with Crippen LogP contribution in [0.25, 0.3) is 0 Å². The Morgan fingerprint density at radius 2 is 0.720 bits per heavy atom. The molecule has 4 saturated heterocycles. The van der Waals surface area contributed by atoms with Gasteiger partial charge < -0.3 is 60.1 Å². The van der Waals surface area contributed by atoms with Gasteiger partial charge in [-0.05, 0) is 251 Å². The number of carbonyl (C=O) groups is 6. The van der Waals surface area contributed by atoms with Gasteiger partial charge >= 0.3 is 24.2 Å². The largest absolute Gasteiger partial charge is 0.444 e. The monoisotopic (exact) mass is 1480 g/mol. The van der Waals surface area contributed by atoms with Gasteiger partial charge in [-0.1, -0.05) is 151 Å². The van der Waals surface area contributed by atoms with Crippen molar-refractivity contribution in [1.82, 2.24) is 50.7 Å². The minimum Gasteiger partial charge on any atom is -0.444 e. The predicted molar refractivity (Wildman–Crippen MR) is 437 cm³/mol. The van der Waals surface area contributed by atoms with Gasteiger partial charge in [0.05, 0.1) is 24.2 Å². The van der Waals surface area contributed by atoms with E-state index < -0.39 is 11.2 Å². The van der Waals surface area contributed by atoms with E-state index in [9.17, 15) is 28.8 Å². The average Bonchev–Trinajstić information content (AvgIpc) is 1.71. The summed E-state index contributed by atoms with van der Waals surface area (Å²) in [6.45, 7) is 36.9. The SMILES string of the molecule is CC(=O)N[C@H]1CCC2(CCN(CCC(C)(C)C)CC2)c2ccccc21.CC(C)(C)OC(=O)N1CCC2(CC1)C[C@H](NC(=O)C1CCCC1)c1ccccc12.CN(C)C(=O)N[C@H]1CC2(CCN(C(=O)OC(C)(C)C)CC2)c2ccccc21.CN(C)C(=O)N[C@H]1CC2(CCN(CCC(C)(C)C)CC2)c2ccccc21.[HH].[HH].[HH].[HH]. The number of piperidine rings is 4. The third-order valence-corrected chi connectivity index (χ3v) is 24.9. The fourth-order valence-electron chi connectivity index (χ4n) is 18.7. The molecule has 0 bridgehead atoms. The Morgan fingerprint density at radius 1 is 0.411 bits per heavy atom. The molecule has 0 unspecified atom stereocenters. The van der Waals surface area contributed by atoms with E-state index in [0.29, 0.717) is 42.4 Å². The second kappa shape index (κ2) is 34.0.